The van der Waals surface area contributed by atoms with E-state index in [9.17, 15) is 9.59 Å². The molecule has 160 valence electrons. The molecule has 6 rings (SSSR count). The maximum absolute atomic E-state index is 12.8. The first-order valence-corrected chi connectivity index (χ1v) is 11.1. The first kappa shape index (κ1) is 19.0. The van der Waals surface area contributed by atoms with Gasteiger partial charge in [0.15, 0.2) is 0 Å². The molecule has 0 unspecified atom stereocenters. The minimum atomic E-state index is -0.209. The van der Waals surface area contributed by atoms with Gasteiger partial charge in [0, 0.05) is 22.8 Å². The van der Waals surface area contributed by atoms with E-state index < -0.39 is 0 Å². The number of hydrogen-bond acceptors (Lipinski definition) is 4. The van der Waals surface area contributed by atoms with Crippen LogP contribution in [0.15, 0.2) is 65.7 Å². The number of carbonyl (C=O) groups is 1. The maximum atomic E-state index is 12.8. The number of anilines is 1. The van der Waals surface area contributed by atoms with E-state index in [1.807, 2.05) is 53.3 Å². The fourth-order valence-corrected chi connectivity index (χ4v) is 5.42. The SMILES string of the molecule is O=C(Nc1ccc(-c2n[nH]c(=O)c3ccccc23)cc1)c1cnn([C@H]2C[C@@H]3CC[C@H]2C3)c1. The lowest BCUT2D eigenvalue weighted by atomic mass is 9.95. The van der Waals surface area contributed by atoms with Crippen LogP contribution in [0.25, 0.3) is 22.0 Å². The zero-order valence-electron chi connectivity index (χ0n) is 17.5. The van der Waals surface area contributed by atoms with E-state index in [1.165, 1.54) is 25.7 Å². The van der Waals surface area contributed by atoms with Gasteiger partial charge in [-0.05, 0) is 49.3 Å². The molecule has 2 N–H and O–H groups in total. The monoisotopic (exact) mass is 425 g/mol. The number of nitrogens with one attached hydrogen (secondary N) is 2. The van der Waals surface area contributed by atoms with Gasteiger partial charge in [-0.3, -0.25) is 14.3 Å². The van der Waals surface area contributed by atoms with Crippen molar-refractivity contribution in [2.75, 3.05) is 5.32 Å². The number of aromatic nitrogens is 4. The van der Waals surface area contributed by atoms with Gasteiger partial charge in [-0.1, -0.05) is 36.8 Å². The largest absolute Gasteiger partial charge is 0.322 e. The van der Waals surface area contributed by atoms with Gasteiger partial charge >= 0.3 is 0 Å². The molecule has 2 heterocycles. The molecule has 7 nitrogen and oxygen atoms in total. The van der Waals surface area contributed by atoms with Crippen molar-refractivity contribution in [1.82, 2.24) is 20.0 Å². The highest BCUT2D eigenvalue weighted by molar-refractivity contribution is 6.04. The maximum Gasteiger partial charge on any atom is 0.272 e. The van der Waals surface area contributed by atoms with E-state index in [0.29, 0.717) is 34.3 Å². The quantitative estimate of drug-likeness (QED) is 0.507. The summed E-state index contributed by atoms with van der Waals surface area (Å²) in [7, 11) is 0. The minimum absolute atomic E-state index is 0.167. The van der Waals surface area contributed by atoms with E-state index in [-0.39, 0.29) is 11.5 Å². The second-order valence-corrected chi connectivity index (χ2v) is 8.93. The molecule has 1 amide bonds. The molecule has 7 heteroatoms. The van der Waals surface area contributed by atoms with E-state index in [1.54, 1.807) is 12.3 Å². The Morgan fingerprint density at radius 1 is 1.03 bits per heavy atom. The van der Waals surface area contributed by atoms with Crippen LogP contribution >= 0.6 is 0 Å². The van der Waals surface area contributed by atoms with Gasteiger partial charge < -0.3 is 5.32 Å². The number of carbonyl (C=O) groups excluding carboxylic acids is 1. The Kier molecular flexibility index (Phi) is 4.41. The van der Waals surface area contributed by atoms with Crippen molar-refractivity contribution in [3.63, 3.8) is 0 Å². The van der Waals surface area contributed by atoms with Gasteiger partial charge in [0.1, 0.15) is 0 Å². The van der Waals surface area contributed by atoms with Crippen molar-refractivity contribution in [2.45, 2.75) is 31.7 Å². The molecular formula is C25H23N5O2. The Morgan fingerprint density at radius 3 is 2.59 bits per heavy atom. The van der Waals surface area contributed by atoms with E-state index >= 15 is 0 Å². The summed E-state index contributed by atoms with van der Waals surface area (Å²) in [6.45, 7) is 0. The summed E-state index contributed by atoms with van der Waals surface area (Å²) in [6, 6.07) is 15.3. The van der Waals surface area contributed by atoms with Crippen LogP contribution in [0.4, 0.5) is 5.69 Å². The lowest BCUT2D eigenvalue weighted by Crippen LogP contribution is -2.17. The first-order valence-electron chi connectivity index (χ1n) is 11.1. The Hall–Kier alpha value is -3.74. The predicted octanol–water partition coefficient (Wildman–Crippen LogP) is 4.40. The average molecular weight is 425 g/mol. The Labute approximate surface area is 184 Å². The smallest absolute Gasteiger partial charge is 0.272 e. The normalized spacial score (nSPS) is 21.8. The zero-order valence-corrected chi connectivity index (χ0v) is 17.5. The van der Waals surface area contributed by atoms with Crippen molar-refractivity contribution in [2.24, 2.45) is 11.8 Å². The number of nitrogens with zero attached hydrogens (tertiary/aromatic N) is 3. The third-order valence-electron chi connectivity index (χ3n) is 7.02. The third-order valence-corrected chi connectivity index (χ3v) is 7.02. The van der Waals surface area contributed by atoms with E-state index in [0.717, 1.165) is 16.9 Å². The van der Waals surface area contributed by atoms with Crippen LogP contribution < -0.4 is 10.9 Å². The van der Waals surface area contributed by atoms with Crippen molar-refractivity contribution in [1.29, 1.82) is 0 Å². The molecule has 0 radical (unpaired) electrons. The number of H-pyrrole nitrogens is 1. The summed E-state index contributed by atoms with van der Waals surface area (Å²) in [5, 5.41) is 15.6. The van der Waals surface area contributed by atoms with Crippen molar-refractivity contribution in [3.8, 4) is 11.3 Å². The second kappa shape index (κ2) is 7.44. The molecule has 0 saturated heterocycles. The average Bonchev–Trinajstić information content (AvgIpc) is 3.57. The molecule has 4 aromatic rings. The Bertz CT molecular complexity index is 1370. The Balaban J connectivity index is 1.20. The fourth-order valence-electron chi connectivity index (χ4n) is 5.42. The molecular weight excluding hydrogens is 402 g/mol. The molecule has 2 aliphatic carbocycles. The van der Waals surface area contributed by atoms with Gasteiger partial charge in [-0.2, -0.15) is 10.2 Å². The summed E-state index contributed by atoms with van der Waals surface area (Å²) in [5.41, 5.74) is 2.62. The van der Waals surface area contributed by atoms with Gasteiger partial charge in [0.2, 0.25) is 0 Å². The van der Waals surface area contributed by atoms with Gasteiger partial charge in [0.05, 0.1) is 28.9 Å². The lowest BCUT2D eigenvalue weighted by molar-refractivity contribution is 0.102. The number of fused-ring (bicyclic) bond motifs is 3. The van der Waals surface area contributed by atoms with Crippen LogP contribution in [0.2, 0.25) is 0 Å². The Morgan fingerprint density at radius 2 is 1.84 bits per heavy atom. The van der Waals surface area contributed by atoms with Crippen molar-refractivity contribution in [3.05, 3.63) is 76.8 Å². The van der Waals surface area contributed by atoms with Crippen molar-refractivity contribution < 1.29 is 4.79 Å². The number of rotatable bonds is 4. The predicted molar refractivity (Wildman–Crippen MR) is 122 cm³/mol. The van der Waals surface area contributed by atoms with Crippen LogP contribution in [0.5, 0.6) is 0 Å². The fraction of sp³-hybridized carbons (Fsp3) is 0.280. The molecule has 0 spiro atoms. The molecule has 3 atom stereocenters. The van der Waals surface area contributed by atoms with E-state index in [2.05, 4.69) is 20.6 Å². The molecule has 2 fully saturated rings. The van der Waals surface area contributed by atoms with Gasteiger partial charge in [-0.15, -0.1) is 0 Å². The number of hydrogen-bond donors (Lipinski definition) is 2. The number of amides is 1. The van der Waals surface area contributed by atoms with Gasteiger partial charge in [0.25, 0.3) is 11.5 Å². The lowest BCUT2D eigenvalue weighted by Gasteiger charge is -2.21. The topological polar surface area (TPSA) is 92.7 Å². The number of aromatic amines is 1. The summed E-state index contributed by atoms with van der Waals surface area (Å²) in [4.78, 5) is 24.8. The van der Waals surface area contributed by atoms with Crippen LogP contribution in [0, 0.1) is 11.8 Å². The third kappa shape index (κ3) is 3.21. The molecule has 2 aliphatic rings. The summed E-state index contributed by atoms with van der Waals surface area (Å²) < 4.78 is 1.99. The van der Waals surface area contributed by atoms with Crippen LogP contribution in [-0.4, -0.2) is 25.9 Å². The molecule has 0 aliphatic heterocycles. The minimum Gasteiger partial charge on any atom is -0.322 e. The highest BCUT2D eigenvalue weighted by Crippen LogP contribution is 2.50. The first-order chi connectivity index (χ1) is 15.7. The second-order valence-electron chi connectivity index (χ2n) is 8.93. The van der Waals surface area contributed by atoms with Crippen LogP contribution in [-0.2, 0) is 0 Å². The molecule has 32 heavy (non-hydrogen) atoms. The summed E-state index contributed by atoms with van der Waals surface area (Å²) in [6.07, 6.45) is 8.65. The van der Waals surface area contributed by atoms with Crippen LogP contribution in [0.3, 0.4) is 0 Å². The van der Waals surface area contributed by atoms with E-state index in [4.69, 9.17) is 0 Å². The number of benzene rings is 2. The highest BCUT2D eigenvalue weighted by Gasteiger charge is 2.40. The zero-order chi connectivity index (χ0) is 21.7. The molecule has 2 bridgehead atoms. The molecule has 2 saturated carbocycles. The molecule has 2 aromatic heterocycles. The van der Waals surface area contributed by atoms with Crippen molar-refractivity contribution >= 4 is 22.4 Å². The summed E-state index contributed by atoms with van der Waals surface area (Å²) >= 11 is 0. The van der Waals surface area contributed by atoms with Gasteiger partial charge in [-0.25, -0.2) is 5.10 Å². The molecule has 2 aromatic carbocycles. The standard InChI is InChI=1S/C25H23N5O2/c31-24(18-13-26-30(14-18)22-12-15-5-6-17(22)11-15)27-19-9-7-16(8-10-19)23-20-3-1-2-4-21(20)25(32)29-28-23/h1-4,7-10,13-15,17,22H,5-6,11-12H2,(H,27,31)(H,29,32)/t15-,17+,22+/m1/s1. The highest BCUT2D eigenvalue weighted by atomic mass is 16.1. The van der Waals surface area contributed by atoms with Crippen LogP contribution in [0.1, 0.15) is 42.1 Å². The summed E-state index contributed by atoms with van der Waals surface area (Å²) in [5.74, 6) is 1.37.